The Morgan fingerprint density at radius 3 is 0.846 bits per heavy atom. The van der Waals surface area contributed by atoms with Crippen LogP contribution < -0.4 is 0 Å². The van der Waals surface area contributed by atoms with E-state index in [1.54, 1.807) is 0 Å². The fourth-order valence-corrected chi connectivity index (χ4v) is 11.1. The number of allylic oxidation sites excluding steroid dienone is 30. The summed E-state index contributed by atoms with van der Waals surface area (Å²) in [4.78, 5) is 72.9. The minimum Gasteiger partial charge on any atom is -0.462 e. The van der Waals surface area contributed by atoms with E-state index in [0.717, 1.165) is 148 Å². The van der Waals surface area contributed by atoms with Crippen LogP contribution in [0.1, 0.15) is 272 Å². The highest BCUT2D eigenvalue weighted by atomic mass is 31.2. The summed E-state index contributed by atoms with van der Waals surface area (Å²) in [7, 11) is -10.0. The Kier molecular flexibility index (Phi) is 71.2. The molecular weight excluding hydrogens is 1350 g/mol. The molecule has 0 aliphatic carbocycles. The van der Waals surface area contributed by atoms with E-state index in [-0.39, 0.29) is 25.7 Å². The lowest BCUT2D eigenvalue weighted by Crippen LogP contribution is -2.30. The largest absolute Gasteiger partial charge is 0.472 e. The van der Waals surface area contributed by atoms with E-state index >= 15 is 0 Å². The van der Waals surface area contributed by atoms with Gasteiger partial charge >= 0.3 is 39.5 Å². The van der Waals surface area contributed by atoms with Crippen LogP contribution in [0.15, 0.2) is 182 Å². The van der Waals surface area contributed by atoms with Gasteiger partial charge in [-0.05, 0) is 148 Å². The maximum Gasteiger partial charge on any atom is 0.472 e. The molecule has 3 N–H and O–H groups in total. The van der Waals surface area contributed by atoms with Gasteiger partial charge in [0.1, 0.15) is 19.3 Å². The molecule has 0 aliphatic heterocycles. The summed E-state index contributed by atoms with van der Waals surface area (Å²) < 4.78 is 68.4. The van der Waals surface area contributed by atoms with Crippen LogP contribution in [0.5, 0.6) is 0 Å². The van der Waals surface area contributed by atoms with Gasteiger partial charge in [0.05, 0.1) is 26.4 Å². The molecule has 104 heavy (non-hydrogen) atoms. The number of aliphatic hydroxyl groups excluding tert-OH is 1. The van der Waals surface area contributed by atoms with Gasteiger partial charge < -0.3 is 33.8 Å². The van der Waals surface area contributed by atoms with Gasteiger partial charge in [-0.1, -0.05) is 281 Å². The molecule has 0 fully saturated rings. The normalized spacial score (nSPS) is 14.9. The van der Waals surface area contributed by atoms with Crippen LogP contribution >= 0.6 is 15.6 Å². The lowest BCUT2D eigenvalue weighted by atomic mass is 10.1. The first-order valence-corrected chi connectivity index (χ1v) is 42.0. The monoisotopic (exact) mass is 1490 g/mol. The van der Waals surface area contributed by atoms with E-state index < -0.39 is 97.5 Å². The number of hydrogen-bond donors (Lipinski definition) is 3. The minimum atomic E-state index is -5.01. The van der Waals surface area contributed by atoms with Crippen molar-refractivity contribution in [1.82, 2.24) is 0 Å². The Bertz CT molecular complexity index is 2690. The quantitative estimate of drug-likeness (QED) is 0.0169. The van der Waals surface area contributed by atoms with Gasteiger partial charge in [0.15, 0.2) is 12.2 Å². The number of carbonyl (C=O) groups excluding carboxylic acids is 4. The second-order valence-electron chi connectivity index (χ2n) is 25.2. The van der Waals surface area contributed by atoms with Crippen LogP contribution in [-0.4, -0.2) is 96.7 Å². The molecule has 0 spiro atoms. The smallest absolute Gasteiger partial charge is 0.462 e. The summed E-state index contributed by atoms with van der Waals surface area (Å²) in [5.41, 5.74) is 0. The van der Waals surface area contributed by atoms with Gasteiger partial charge in [-0.2, -0.15) is 0 Å². The van der Waals surface area contributed by atoms with Crippen molar-refractivity contribution in [3.63, 3.8) is 0 Å². The topological polar surface area (TPSA) is 237 Å². The first kappa shape index (κ1) is 98.2. The molecule has 0 radical (unpaired) electrons. The molecule has 0 heterocycles. The molecular formula is C85H136O17P2. The average molecular weight is 1490 g/mol. The number of hydrogen-bond acceptors (Lipinski definition) is 15. The van der Waals surface area contributed by atoms with Crippen LogP contribution in [0, 0.1) is 0 Å². The van der Waals surface area contributed by atoms with Gasteiger partial charge in [-0.25, -0.2) is 9.13 Å². The summed E-state index contributed by atoms with van der Waals surface area (Å²) >= 11 is 0. The number of phosphoric acid groups is 2. The van der Waals surface area contributed by atoms with Crippen molar-refractivity contribution in [1.29, 1.82) is 0 Å². The van der Waals surface area contributed by atoms with E-state index in [4.69, 9.17) is 37.0 Å². The molecule has 588 valence electrons. The molecule has 5 atom stereocenters. The lowest BCUT2D eigenvalue weighted by molar-refractivity contribution is -0.161. The molecule has 0 rings (SSSR count). The molecule has 0 bridgehead atoms. The van der Waals surface area contributed by atoms with Crippen LogP contribution in [0.3, 0.4) is 0 Å². The number of rotatable bonds is 71. The first-order valence-electron chi connectivity index (χ1n) is 39.0. The zero-order chi connectivity index (χ0) is 76.0. The van der Waals surface area contributed by atoms with E-state index in [0.29, 0.717) is 32.1 Å². The Balaban J connectivity index is 5.50. The van der Waals surface area contributed by atoms with Gasteiger partial charge in [-0.15, -0.1) is 0 Å². The summed E-state index contributed by atoms with van der Waals surface area (Å²) in [5, 5.41) is 10.6. The maximum atomic E-state index is 13.1. The Morgan fingerprint density at radius 1 is 0.279 bits per heavy atom. The Hall–Kier alpha value is -5.84. The van der Waals surface area contributed by atoms with Gasteiger partial charge in [0, 0.05) is 25.7 Å². The number of phosphoric ester groups is 2. The standard InChI is InChI=1S/C85H136O17P2/c1-5-9-13-17-21-25-29-32-35-37-39-41-44-47-51-54-58-62-66-70-83(88)96-76-81(102-85(90)72-68-64-60-56-52-48-45-42-40-38-36-33-30-26-22-18-14-10-6-2)78-100-104(93,94)98-74-79(86)73-97-103(91,92)99-77-80(101-84(89)71-67-63-59-55-49-28-24-20-16-12-8-4)75-95-82(87)69-65-61-57-53-50-46-43-34-31-27-23-19-15-11-7-3/h9-11,13-15,21-23,25-27,32-36,39-43,47-48,50-53,58,62,79-81,86H,5-8,12,16-20,24,28-31,37-38,44-46,49,54-57,59-61,63-78H2,1-4H3,(H,91,92)(H,93,94)/b13-9-,14-10-,15-11-,25-21-,26-22-,27-23-,35-32-,36-33-,41-39-,42-40-,43-34-,51-47-,52-48-,53-50-,62-58-. The SMILES string of the molecule is CC/C=C\C/C=C\C/C=C\C/C=C\C/C=C\C/C=C\CCC(=O)OCC(COP(=O)(O)OCC(O)COP(=O)(O)OCC(COC(=O)CCCC/C=C\C/C=C\C/C=C\C/C=C\CC)OC(=O)CCCCCCCCCCCCC)OC(=O)CCCCC/C=C\C/C=C\C/C=C\C/C=C\C/C=C\CC. The van der Waals surface area contributed by atoms with E-state index in [9.17, 15) is 43.2 Å². The second kappa shape index (κ2) is 75.4. The summed E-state index contributed by atoms with van der Waals surface area (Å²) in [6, 6.07) is 0. The summed E-state index contributed by atoms with van der Waals surface area (Å²) in [6.07, 6.45) is 90.5. The van der Waals surface area contributed by atoms with Crippen LogP contribution in [0.2, 0.25) is 0 Å². The van der Waals surface area contributed by atoms with Crippen molar-refractivity contribution < 1.29 is 80.2 Å². The highest BCUT2D eigenvalue weighted by Gasteiger charge is 2.30. The molecule has 19 heteroatoms. The van der Waals surface area contributed by atoms with E-state index in [1.807, 2.05) is 18.2 Å². The Morgan fingerprint density at radius 2 is 0.519 bits per heavy atom. The van der Waals surface area contributed by atoms with Crippen LogP contribution in [0.4, 0.5) is 0 Å². The predicted octanol–water partition coefficient (Wildman–Crippen LogP) is 22.8. The summed E-state index contributed by atoms with van der Waals surface area (Å²) in [6.45, 7) is 4.32. The zero-order valence-electron chi connectivity index (χ0n) is 64.1. The van der Waals surface area contributed by atoms with Crippen molar-refractivity contribution >= 4 is 39.5 Å². The van der Waals surface area contributed by atoms with E-state index in [1.165, 1.54) is 38.5 Å². The lowest BCUT2D eigenvalue weighted by Gasteiger charge is -2.21. The van der Waals surface area contributed by atoms with Crippen LogP contribution in [0.25, 0.3) is 0 Å². The average Bonchev–Trinajstić information content (AvgIpc) is 0.928. The van der Waals surface area contributed by atoms with Gasteiger partial charge in [0.25, 0.3) is 0 Å². The Labute approximate surface area is 628 Å². The molecule has 0 aliphatic rings. The number of unbranched alkanes of at least 4 members (excludes halogenated alkanes) is 15. The third-order valence-corrected chi connectivity index (χ3v) is 17.3. The zero-order valence-corrected chi connectivity index (χ0v) is 65.9. The van der Waals surface area contributed by atoms with Crippen molar-refractivity contribution in [3.05, 3.63) is 182 Å². The molecule has 0 saturated carbocycles. The molecule has 0 amide bonds. The third kappa shape index (κ3) is 74.4. The second-order valence-corrected chi connectivity index (χ2v) is 28.1. The van der Waals surface area contributed by atoms with Gasteiger partial charge in [0.2, 0.25) is 0 Å². The van der Waals surface area contributed by atoms with Crippen molar-refractivity contribution in [3.8, 4) is 0 Å². The number of carbonyl (C=O) groups is 4. The molecule has 0 aromatic heterocycles. The van der Waals surface area contributed by atoms with Crippen molar-refractivity contribution in [2.75, 3.05) is 39.6 Å². The molecule has 0 saturated heterocycles. The maximum absolute atomic E-state index is 13.1. The van der Waals surface area contributed by atoms with Crippen molar-refractivity contribution in [2.45, 2.75) is 290 Å². The molecule has 0 aromatic carbocycles. The van der Waals surface area contributed by atoms with E-state index in [2.05, 4.69) is 192 Å². The third-order valence-electron chi connectivity index (χ3n) is 15.4. The number of ether oxygens (including phenoxy) is 4. The molecule has 5 unspecified atom stereocenters. The minimum absolute atomic E-state index is 0.0207. The number of esters is 4. The fourth-order valence-electron chi connectivity index (χ4n) is 9.56. The first-order chi connectivity index (χ1) is 50.7. The van der Waals surface area contributed by atoms with Crippen molar-refractivity contribution in [2.24, 2.45) is 0 Å². The predicted molar refractivity (Wildman–Crippen MR) is 426 cm³/mol. The molecule has 0 aromatic rings. The highest BCUT2D eigenvalue weighted by molar-refractivity contribution is 7.47. The molecule has 17 nitrogen and oxygen atoms in total. The van der Waals surface area contributed by atoms with Crippen LogP contribution in [-0.2, 0) is 65.4 Å². The van der Waals surface area contributed by atoms with Gasteiger partial charge in [-0.3, -0.25) is 37.3 Å². The highest BCUT2D eigenvalue weighted by Crippen LogP contribution is 2.45. The fraction of sp³-hybridized carbons (Fsp3) is 0.600. The summed E-state index contributed by atoms with van der Waals surface area (Å²) in [5.74, 6) is -2.37. The number of aliphatic hydroxyl groups is 1.